The standard InChI is InChI=1S/C23H29FN2O5S/c24-19-9-8-18(14-20(19)31-15-16-5-6-16)23(11-12-23)26-32(29,30)13-3-1-2-4-17-7-10-21(27)25-22(17)28/h1-2,8-9,14,16-17,26H,3-7,10-13,15H2,(H,25,27,28). The number of imide groups is 1. The van der Waals surface area contributed by atoms with Crippen molar-refractivity contribution in [2.75, 3.05) is 12.4 Å². The van der Waals surface area contributed by atoms with Gasteiger partial charge in [0.05, 0.1) is 17.9 Å². The Labute approximate surface area is 187 Å². The molecule has 2 aliphatic carbocycles. The summed E-state index contributed by atoms with van der Waals surface area (Å²) in [6.45, 7) is 0.490. The van der Waals surface area contributed by atoms with Crippen molar-refractivity contribution in [1.29, 1.82) is 0 Å². The van der Waals surface area contributed by atoms with Crippen LogP contribution >= 0.6 is 0 Å². The second kappa shape index (κ2) is 9.31. The van der Waals surface area contributed by atoms with E-state index in [1.807, 2.05) is 0 Å². The first-order valence-electron chi connectivity index (χ1n) is 11.2. The zero-order chi connectivity index (χ0) is 22.8. The van der Waals surface area contributed by atoms with Crippen molar-refractivity contribution in [2.24, 2.45) is 11.8 Å². The highest BCUT2D eigenvalue weighted by molar-refractivity contribution is 7.89. The summed E-state index contributed by atoms with van der Waals surface area (Å²) in [5.74, 6) is -0.602. The molecule has 0 bridgehead atoms. The van der Waals surface area contributed by atoms with E-state index in [2.05, 4.69) is 10.0 Å². The number of allylic oxidation sites excluding steroid dienone is 2. The Morgan fingerprint density at radius 1 is 1.19 bits per heavy atom. The molecule has 1 aliphatic heterocycles. The lowest BCUT2D eigenvalue weighted by atomic mass is 9.95. The predicted octanol–water partition coefficient (Wildman–Crippen LogP) is 2.91. The molecule has 174 valence electrons. The molecule has 1 atom stereocenters. The first-order valence-corrected chi connectivity index (χ1v) is 12.8. The van der Waals surface area contributed by atoms with E-state index in [1.54, 1.807) is 24.3 Å². The first-order chi connectivity index (χ1) is 15.3. The van der Waals surface area contributed by atoms with Crippen LogP contribution in [0.25, 0.3) is 0 Å². The fourth-order valence-electron chi connectivity index (χ4n) is 3.89. The summed E-state index contributed by atoms with van der Waals surface area (Å²) in [7, 11) is -3.55. The highest BCUT2D eigenvalue weighted by Gasteiger charge is 2.47. The van der Waals surface area contributed by atoms with E-state index in [0.29, 0.717) is 51.0 Å². The largest absolute Gasteiger partial charge is 0.490 e. The van der Waals surface area contributed by atoms with Gasteiger partial charge in [0, 0.05) is 12.3 Å². The van der Waals surface area contributed by atoms with Gasteiger partial charge in [0.1, 0.15) is 0 Å². The van der Waals surface area contributed by atoms with Gasteiger partial charge >= 0.3 is 0 Å². The molecule has 1 aromatic rings. The number of hydrogen-bond acceptors (Lipinski definition) is 5. The van der Waals surface area contributed by atoms with E-state index in [-0.39, 0.29) is 29.2 Å². The Kier molecular flexibility index (Phi) is 6.67. The quantitative estimate of drug-likeness (QED) is 0.387. The lowest BCUT2D eigenvalue weighted by Gasteiger charge is -2.19. The van der Waals surface area contributed by atoms with E-state index >= 15 is 0 Å². The lowest BCUT2D eigenvalue weighted by molar-refractivity contribution is -0.136. The number of hydrogen-bond donors (Lipinski definition) is 2. The number of carbonyl (C=O) groups excluding carboxylic acids is 2. The van der Waals surface area contributed by atoms with Gasteiger partial charge in [-0.05, 0) is 68.6 Å². The van der Waals surface area contributed by atoms with Crippen LogP contribution in [-0.2, 0) is 25.2 Å². The van der Waals surface area contributed by atoms with Crippen LogP contribution in [-0.4, -0.2) is 32.6 Å². The average molecular weight is 465 g/mol. The Morgan fingerprint density at radius 3 is 2.66 bits per heavy atom. The van der Waals surface area contributed by atoms with Crippen LogP contribution in [0.15, 0.2) is 30.4 Å². The van der Waals surface area contributed by atoms with Crippen LogP contribution in [0, 0.1) is 17.7 Å². The van der Waals surface area contributed by atoms with Crippen LogP contribution in [0.1, 0.15) is 56.9 Å². The molecule has 0 radical (unpaired) electrons. The zero-order valence-electron chi connectivity index (χ0n) is 17.9. The molecule has 1 saturated heterocycles. The van der Waals surface area contributed by atoms with Gasteiger partial charge in [-0.2, -0.15) is 0 Å². The molecule has 2 amide bonds. The number of amides is 2. The number of rotatable bonds is 11. The molecule has 7 nitrogen and oxygen atoms in total. The van der Waals surface area contributed by atoms with E-state index in [9.17, 15) is 22.4 Å². The topological polar surface area (TPSA) is 102 Å². The van der Waals surface area contributed by atoms with Gasteiger partial charge in [-0.1, -0.05) is 18.2 Å². The minimum absolute atomic E-state index is 0.0766. The summed E-state index contributed by atoms with van der Waals surface area (Å²) in [4.78, 5) is 22.9. The van der Waals surface area contributed by atoms with Crippen molar-refractivity contribution in [3.8, 4) is 5.75 Å². The molecule has 9 heteroatoms. The van der Waals surface area contributed by atoms with Crippen LogP contribution in [0.3, 0.4) is 0 Å². The highest BCUT2D eigenvalue weighted by atomic mass is 32.2. The predicted molar refractivity (Wildman–Crippen MR) is 117 cm³/mol. The molecule has 0 aromatic heterocycles. The van der Waals surface area contributed by atoms with E-state index in [1.165, 1.54) is 6.07 Å². The van der Waals surface area contributed by atoms with Gasteiger partial charge in [0.2, 0.25) is 21.8 Å². The number of nitrogens with one attached hydrogen (secondary N) is 2. The maximum Gasteiger partial charge on any atom is 0.229 e. The Bertz CT molecular complexity index is 1020. The monoisotopic (exact) mass is 464 g/mol. The molecule has 2 N–H and O–H groups in total. The van der Waals surface area contributed by atoms with Crippen LogP contribution in [0.2, 0.25) is 0 Å². The smallest absolute Gasteiger partial charge is 0.229 e. The molecule has 3 fully saturated rings. The summed E-state index contributed by atoms with van der Waals surface area (Å²) in [5.41, 5.74) is 0.0300. The maximum atomic E-state index is 14.1. The number of sulfonamides is 1. The molecule has 1 unspecified atom stereocenters. The normalized spacial score (nSPS) is 22.7. The second-order valence-corrected chi connectivity index (χ2v) is 10.9. The lowest BCUT2D eigenvalue weighted by Crippen LogP contribution is -2.40. The number of ether oxygens (including phenoxy) is 1. The first kappa shape index (κ1) is 22.9. The minimum Gasteiger partial charge on any atom is -0.490 e. The van der Waals surface area contributed by atoms with Crippen molar-refractivity contribution in [2.45, 2.75) is 56.9 Å². The van der Waals surface area contributed by atoms with E-state index in [0.717, 1.165) is 18.4 Å². The molecule has 3 aliphatic rings. The molecular formula is C23H29FN2O5S. The Balaban J connectivity index is 1.28. The van der Waals surface area contributed by atoms with Gasteiger partial charge in [-0.25, -0.2) is 17.5 Å². The minimum atomic E-state index is -3.55. The fourth-order valence-corrected chi connectivity index (χ4v) is 5.36. The van der Waals surface area contributed by atoms with Gasteiger partial charge in [-0.15, -0.1) is 0 Å². The third-order valence-corrected chi connectivity index (χ3v) is 7.72. The molecule has 1 aromatic carbocycles. The number of carbonyl (C=O) groups is 2. The molecule has 32 heavy (non-hydrogen) atoms. The van der Waals surface area contributed by atoms with Gasteiger partial charge in [0.25, 0.3) is 0 Å². The number of halogens is 1. The molecule has 4 rings (SSSR count). The van der Waals surface area contributed by atoms with Crippen LogP contribution in [0.4, 0.5) is 4.39 Å². The fraction of sp³-hybridized carbons (Fsp3) is 0.565. The van der Waals surface area contributed by atoms with E-state index < -0.39 is 21.4 Å². The maximum absolute atomic E-state index is 14.1. The Morgan fingerprint density at radius 2 is 1.97 bits per heavy atom. The van der Waals surface area contributed by atoms with Crippen LogP contribution < -0.4 is 14.8 Å². The van der Waals surface area contributed by atoms with E-state index in [4.69, 9.17) is 4.74 Å². The van der Waals surface area contributed by atoms with Crippen molar-refractivity contribution >= 4 is 21.8 Å². The summed E-state index contributed by atoms with van der Waals surface area (Å²) >= 11 is 0. The van der Waals surface area contributed by atoms with Crippen molar-refractivity contribution < 1.29 is 27.1 Å². The molecule has 1 heterocycles. The second-order valence-electron chi connectivity index (χ2n) is 9.05. The average Bonchev–Trinajstić information content (AvgIpc) is 3.65. The number of piperidine rings is 1. The third kappa shape index (κ3) is 5.95. The summed E-state index contributed by atoms with van der Waals surface area (Å²) in [6.07, 6.45) is 8.73. The van der Waals surface area contributed by atoms with Crippen molar-refractivity contribution in [1.82, 2.24) is 10.0 Å². The summed E-state index contributed by atoms with van der Waals surface area (Å²) < 4.78 is 47.8. The number of benzene rings is 1. The third-order valence-electron chi connectivity index (χ3n) is 6.25. The van der Waals surface area contributed by atoms with Crippen molar-refractivity contribution in [3.63, 3.8) is 0 Å². The molecule has 2 saturated carbocycles. The van der Waals surface area contributed by atoms with Gasteiger partial charge in [0.15, 0.2) is 11.6 Å². The highest BCUT2D eigenvalue weighted by Crippen LogP contribution is 2.47. The summed E-state index contributed by atoms with van der Waals surface area (Å²) in [6, 6.07) is 4.57. The van der Waals surface area contributed by atoms with Gasteiger partial charge in [-0.3, -0.25) is 14.9 Å². The zero-order valence-corrected chi connectivity index (χ0v) is 18.8. The summed E-state index contributed by atoms with van der Waals surface area (Å²) in [5, 5.41) is 2.32. The molecular weight excluding hydrogens is 435 g/mol. The Hall–Kier alpha value is -2.26. The van der Waals surface area contributed by atoms with Crippen molar-refractivity contribution in [3.05, 3.63) is 41.7 Å². The van der Waals surface area contributed by atoms with Gasteiger partial charge < -0.3 is 4.74 Å². The SMILES string of the molecule is O=C1CCC(CC=CCCS(=O)(=O)NC2(c3ccc(F)c(OCC4CC4)c3)CC2)C(=O)N1. The molecule has 0 spiro atoms. The van der Waals surface area contributed by atoms with Crippen LogP contribution in [0.5, 0.6) is 5.75 Å².